The van der Waals surface area contributed by atoms with Crippen LogP contribution in [0.15, 0.2) is 23.3 Å². The van der Waals surface area contributed by atoms with Crippen LogP contribution in [0.5, 0.6) is 0 Å². The number of guanidine groups is 1. The molecule has 9 heteroatoms. The summed E-state index contributed by atoms with van der Waals surface area (Å²) in [5.41, 5.74) is 0. The Hall–Kier alpha value is -1.20. The number of unbranched alkanes of at least 4 members (excludes halogenated alkanes) is 1. The molecule has 0 bridgehead atoms. The van der Waals surface area contributed by atoms with E-state index < -0.39 is 0 Å². The van der Waals surface area contributed by atoms with Crippen molar-refractivity contribution in [3.8, 4) is 0 Å². The van der Waals surface area contributed by atoms with Crippen molar-refractivity contribution in [2.75, 3.05) is 64.4 Å². The standard InChI is InChI=1S/C19H31FN6O.HI/c1-21-19(23-7-2-3-9-25-11-13-27-14-12-25)24-16-6-10-26(15-16)18-17(20)5-4-8-22-18;/h4-5,8,16H,2-3,6-7,9-15H2,1H3,(H2,21,23,24);1H. The van der Waals surface area contributed by atoms with Crippen LogP contribution < -0.4 is 15.5 Å². The predicted octanol–water partition coefficient (Wildman–Crippen LogP) is 1.69. The van der Waals surface area contributed by atoms with Crippen LogP contribution in [-0.2, 0) is 4.74 Å². The SMILES string of the molecule is CN=C(NCCCCN1CCOCC1)NC1CCN(c2ncccc2F)C1.I. The van der Waals surface area contributed by atoms with E-state index in [9.17, 15) is 4.39 Å². The molecule has 2 fully saturated rings. The molecule has 2 N–H and O–H groups in total. The van der Waals surface area contributed by atoms with E-state index in [4.69, 9.17) is 4.74 Å². The number of nitrogens with one attached hydrogen (secondary N) is 2. The van der Waals surface area contributed by atoms with Crippen LogP contribution in [0.4, 0.5) is 10.2 Å². The minimum Gasteiger partial charge on any atom is -0.379 e. The summed E-state index contributed by atoms with van der Waals surface area (Å²) in [4.78, 5) is 12.9. The highest BCUT2D eigenvalue weighted by Gasteiger charge is 2.25. The fourth-order valence-corrected chi connectivity index (χ4v) is 3.56. The zero-order valence-electron chi connectivity index (χ0n) is 16.6. The third-order valence-electron chi connectivity index (χ3n) is 5.09. The lowest BCUT2D eigenvalue weighted by Crippen LogP contribution is -2.45. The van der Waals surface area contributed by atoms with Gasteiger partial charge in [-0.25, -0.2) is 9.37 Å². The number of morpholine rings is 1. The summed E-state index contributed by atoms with van der Waals surface area (Å²) >= 11 is 0. The summed E-state index contributed by atoms with van der Waals surface area (Å²) in [6, 6.07) is 3.32. The van der Waals surface area contributed by atoms with E-state index in [0.717, 1.165) is 71.3 Å². The van der Waals surface area contributed by atoms with Crippen molar-refractivity contribution in [1.82, 2.24) is 20.5 Å². The molecular weight excluding hydrogens is 474 g/mol. The summed E-state index contributed by atoms with van der Waals surface area (Å²) in [5, 5.41) is 6.83. The topological polar surface area (TPSA) is 65.0 Å². The van der Waals surface area contributed by atoms with Crippen molar-refractivity contribution in [3.63, 3.8) is 0 Å². The van der Waals surface area contributed by atoms with Crippen LogP contribution in [0.1, 0.15) is 19.3 Å². The van der Waals surface area contributed by atoms with Gasteiger partial charge in [-0.05, 0) is 37.9 Å². The quantitative estimate of drug-likeness (QED) is 0.254. The van der Waals surface area contributed by atoms with Gasteiger partial charge in [-0.3, -0.25) is 9.89 Å². The van der Waals surface area contributed by atoms with Gasteiger partial charge in [0.15, 0.2) is 17.6 Å². The highest BCUT2D eigenvalue weighted by Crippen LogP contribution is 2.20. The molecule has 0 aliphatic carbocycles. The van der Waals surface area contributed by atoms with Gasteiger partial charge in [0.2, 0.25) is 0 Å². The van der Waals surface area contributed by atoms with Crippen molar-refractivity contribution < 1.29 is 9.13 Å². The van der Waals surface area contributed by atoms with Crippen molar-refractivity contribution >= 4 is 35.8 Å². The zero-order chi connectivity index (χ0) is 18.9. The van der Waals surface area contributed by atoms with Gasteiger partial charge in [-0.1, -0.05) is 0 Å². The van der Waals surface area contributed by atoms with Gasteiger partial charge in [-0.2, -0.15) is 0 Å². The first-order valence-corrected chi connectivity index (χ1v) is 9.89. The normalized spacial score (nSPS) is 20.7. The second-order valence-corrected chi connectivity index (χ2v) is 7.04. The molecule has 0 amide bonds. The second kappa shape index (κ2) is 12.4. The van der Waals surface area contributed by atoms with Gasteiger partial charge < -0.3 is 20.3 Å². The molecule has 0 radical (unpaired) electrons. The maximum absolute atomic E-state index is 13.9. The number of halogens is 2. The molecule has 0 aromatic carbocycles. The molecule has 1 unspecified atom stereocenters. The molecule has 0 spiro atoms. The third kappa shape index (κ3) is 7.00. The molecule has 1 atom stereocenters. The van der Waals surface area contributed by atoms with E-state index in [1.54, 1.807) is 19.3 Å². The average Bonchev–Trinajstić information content (AvgIpc) is 3.16. The molecule has 2 aliphatic heterocycles. The first kappa shape index (κ1) is 23.1. The molecule has 2 aliphatic rings. The summed E-state index contributed by atoms with van der Waals surface area (Å²) < 4.78 is 19.3. The minimum absolute atomic E-state index is 0. The van der Waals surface area contributed by atoms with E-state index in [1.165, 1.54) is 12.5 Å². The number of rotatable bonds is 7. The summed E-state index contributed by atoms with van der Waals surface area (Å²) in [6.07, 6.45) is 4.85. The zero-order valence-corrected chi connectivity index (χ0v) is 18.9. The molecule has 1 aromatic heterocycles. The molecule has 28 heavy (non-hydrogen) atoms. The molecule has 3 heterocycles. The Morgan fingerprint density at radius 3 is 2.89 bits per heavy atom. The molecule has 7 nitrogen and oxygen atoms in total. The number of ether oxygens (including phenoxy) is 1. The first-order valence-electron chi connectivity index (χ1n) is 9.89. The molecule has 0 saturated carbocycles. The van der Waals surface area contributed by atoms with Crippen LogP contribution >= 0.6 is 24.0 Å². The fraction of sp³-hybridized carbons (Fsp3) is 0.684. The third-order valence-corrected chi connectivity index (χ3v) is 5.09. The van der Waals surface area contributed by atoms with Crippen molar-refractivity contribution in [3.05, 3.63) is 24.1 Å². The van der Waals surface area contributed by atoms with Crippen LogP contribution in [0.3, 0.4) is 0 Å². The molecular formula is C19H32FIN6O. The summed E-state index contributed by atoms with van der Waals surface area (Å²) in [6.45, 7) is 7.36. The Morgan fingerprint density at radius 2 is 2.14 bits per heavy atom. The number of aliphatic imine (C=N–C) groups is 1. The monoisotopic (exact) mass is 506 g/mol. The highest BCUT2D eigenvalue weighted by molar-refractivity contribution is 14.0. The van der Waals surface area contributed by atoms with Crippen LogP contribution in [0.25, 0.3) is 0 Å². The number of aromatic nitrogens is 1. The van der Waals surface area contributed by atoms with Crippen molar-refractivity contribution in [2.45, 2.75) is 25.3 Å². The number of anilines is 1. The summed E-state index contributed by atoms with van der Waals surface area (Å²) in [7, 11) is 1.79. The Balaban J connectivity index is 0.00000280. The lowest BCUT2D eigenvalue weighted by molar-refractivity contribution is 0.0372. The smallest absolute Gasteiger partial charge is 0.191 e. The largest absolute Gasteiger partial charge is 0.379 e. The Labute approximate surface area is 184 Å². The minimum atomic E-state index is -0.263. The van der Waals surface area contributed by atoms with Gasteiger partial charge in [0.25, 0.3) is 0 Å². The number of hydrogen-bond donors (Lipinski definition) is 2. The summed E-state index contributed by atoms with van der Waals surface area (Å²) in [5.74, 6) is 0.989. The van der Waals surface area contributed by atoms with Gasteiger partial charge in [0.05, 0.1) is 13.2 Å². The highest BCUT2D eigenvalue weighted by atomic mass is 127. The van der Waals surface area contributed by atoms with Gasteiger partial charge in [0.1, 0.15) is 0 Å². The average molecular weight is 506 g/mol. The Bertz CT molecular complexity index is 614. The molecule has 1 aromatic rings. The van der Waals surface area contributed by atoms with Crippen molar-refractivity contribution in [1.29, 1.82) is 0 Å². The van der Waals surface area contributed by atoms with E-state index in [-0.39, 0.29) is 35.8 Å². The lowest BCUT2D eigenvalue weighted by Gasteiger charge is -2.26. The van der Waals surface area contributed by atoms with Crippen LogP contribution in [0, 0.1) is 5.82 Å². The van der Waals surface area contributed by atoms with Gasteiger partial charge >= 0.3 is 0 Å². The number of pyridine rings is 1. The maximum Gasteiger partial charge on any atom is 0.191 e. The predicted molar refractivity (Wildman–Crippen MR) is 121 cm³/mol. The van der Waals surface area contributed by atoms with Crippen LogP contribution in [-0.4, -0.2) is 81.4 Å². The van der Waals surface area contributed by atoms with E-state index in [1.807, 2.05) is 4.90 Å². The van der Waals surface area contributed by atoms with Gasteiger partial charge in [-0.15, -0.1) is 24.0 Å². The molecule has 2 saturated heterocycles. The number of hydrogen-bond acceptors (Lipinski definition) is 5. The van der Waals surface area contributed by atoms with Crippen LogP contribution in [0.2, 0.25) is 0 Å². The fourth-order valence-electron chi connectivity index (χ4n) is 3.56. The second-order valence-electron chi connectivity index (χ2n) is 7.04. The van der Waals surface area contributed by atoms with Gasteiger partial charge in [0, 0.05) is 52.0 Å². The Kier molecular flexibility index (Phi) is 10.2. The first-order chi connectivity index (χ1) is 13.3. The number of nitrogens with zero attached hydrogens (tertiary/aromatic N) is 4. The maximum atomic E-state index is 13.9. The molecule has 158 valence electrons. The van der Waals surface area contributed by atoms with E-state index >= 15 is 0 Å². The lowest BCUT2D eigenvalue weighted by atomic mass is 10.2. The molecule has 3 rings (SSSR count). The Morgan fingerprint density at radius 1 is 1.32 bits per heavy atom. The van der Waals surface area contributed by atoms with E-state index in [0.29, 0.717) is 5.82 Å². The van der Waals surface area contributed by atoms with E-state index in [2.05, 4.69) is 25.5 Å². The van der Waals surface area contributed by atoms with Crippen molar-refractivity contribution in [2.24, 2.45) is 4.99 Å².